The van der Waals surface area contributed by atoms with Crippen LogP contribution in [-0.2, 0) is 9.59 Å². The number of aromatic nitrogens is 1. The Morgan fingerprint density at radius 3 is 3.05 bits per heavy atom. The van der Waals surface area contributed by atoms with E-state index in [0.717, 1.165) is 0 Å². The molecule has 22 heavy (non-hydrogen) atoms. The Labute approximate surface area is 130 Å². The van der Waals surface area contributed by atoms with Crippen molar-refractivity contribution in [1.82, 2.24) is 10.3 Å². The van der Waals surface area contributed by atoms with E-state index in [1.165, 1.54) is 23.5 Å². The van der Waals surface area contributed by atoms with E-state index in [1.807, 2.05) is 0 Å². The minimum absolute atomic E-state index is 0.0216. The highest BCUT2D eigenvalue weighted by Crippen LogP contribution is 2.26. The maximum Gasteiger partial charge on any atom is 0.231 e. The number of thiazole rings is 1. The molecule has 5 nitrogen and oxygen atoms in total. The lowest BCUT2D eigenvalue weighted by Crippen LogP contribution is -2.40. The summed E-state index contributed by atoms with van der Waals surface area (Å²) in [5, 5.41) is 7.68. The summed E-state index contributed by atoms with van der Waals surface area (Å²) in [6, 6.07) is 6.15. The lowest BCUT2D eigenvalue weighted by molar-refractivity contribution is -0.126. The third-order valence-corrected chi connectivity index (χ3v) is 4.25. The van der Waals surface area contributed by atoms with E-state index in [9.17, 15) is 14.0 Å². The Hall–Kier alpha value is -2.28. The van der Waals surface area contributed by atoms with Crippen LogP contribution in [-0.4, -0.2) is 23.3 Å². The molecule has 1 aliphatic heterocycles. The highest BCUT2D eigenvalue weighted by molar-refractivity contribution is 7.14. The molecule has 1 aromatic heterocycles. The summed E-state index contributed by atoms with van der Waals surface area (Å²) in [5.41, 5.74) is 1.29. The van der Waals surface area contributed by atoms with Crippen LogP contribution in [0.3, 0.4) is 0 Å². The smallest absolute Gasteiger partial charge is 0.231 e. The first-order valence-corrected chi connectivity index (χ1v) is 7.79. The van der Waals surface area contributed by atoms with Gasteiger partial charge in [-0.1, -0.05) is 12.1 Å². The quantitative estimate of drug-likeness (QED) is 0.912. The van der Waals surface area contributed by atoms with Crippen molar-refractivity contribution in [2.24, 2.45) is 5.92 Å². The summed E-state index contributed by atoms with van der Waals surface area (Å²) in [4.78, 5) is 27.5. The third-order valence-electron chi connectivity index (χ3n) is 3.49. The first-order chi connectivity index (χ1) is 10.6. The van der Waals surface area contributed by atoms with Crippen LogP contribution in [0.25, 0.3) is 11.3 Å². The predicted octanol–water partition coefficient (Wildman–Crippen LogP) is 2.41. The van der Waals surface area contributed by atoms with Crippen LogP contribution in [0.4, 0.5) is 9.52 Å². The molecule has 2 aromatic rings. The van der Waals surface area contributed by atoms with Crippen molar-refractivity contribution >= 4 is 28.3 Å². The number of carbonyl (C=O) groups excluding carboxylic acids is 2. The topological polar surface area (TPSA) is 71.1 Å². The molecule has 114 valence electrons. The number of carbonyl (C=O) groups is 2. The molecule has 0 bridgehead atoms. The zero-order valence-corrected chi connectivity index (χ0v) is 12.5. The number of piperidine rings is 1. The second kappa shape index (κ2) is 6.23. The maximum absolute atomic E-state index is 13.2. The standard InChI is InChI=1S/C15H14FN3O2S/c16-11-3-1-2-9(6-11)12-8-22-15(18-12)19-14(21)10-4-5-13(20)17-7-10/h1-3,6,8,10H,4-5,7H2,(H,17,20)(H,18,19,21)/t10-/m0/s1. The largest absolute Gasteiger partial charge is 0.355 e. The average Bonchev–Trinajstić information content (AvgIpc) is 2.96. The fourth-order valence-corrected chi connectivity index (χ4v) is 3.00. The van der Waals surface area contributed by atoms with E-state index < -0.39 is 0 Å². The van der Waals surface area contributed by atoms with Crippen molar-refractivity contribution in [3.8, 4) is 11.3 Å². The first kappa shape index (κ1) is 14.6. The fourth-order valence-electron chi connectivity index (χ4n) is 2.28. The molecule has 3 rings (SSSR count). The van der Waals surface area contributed by atoms with Crippen LogP contribution < -0.4 is 10.6 Å². The van der Waals surface area contributed by atoms with Gasteiger partial charge >= 0.3 is 0 Å². The number of hydrogen-bond acceptors (Lipinski definition) is 4. The molecule has 1 fully saturated rings. The van der Waals surface area contributed by atoms with Gasteiger partial charge in [-0.2, -0.15) is 0 Å². The monoisotopic (exact) mass is 319 g/mol. The summed E-state index contributed by atoms with van der Waals surface area (Å²) in [6.45, 7) is 0.354. The molecule has 2 heterocycles. The van der Waals surface area contributed by atoms with Gasteiger partial charge in [0.05, 0.1) is 11.6 Å². The molecule has 0 spiro atoms. The van der Waals surface area contributed by atoms with Gasteiger partial charge in [0.1, 0.15) is 5.82 Å². The number of anilines is 1. The molecule has 2 N–H and O–H groups in total. The Morgan fingerprint density at radius 1 is 1.45 bits per heavy atom. The summed E-state index contributed by atoms with van der Waals surface area (Å²) in [6.07, 6.45) is 0.907. The molecular formula is C15H14FN3O2S. The van der Waals surface area contributed by atoms with E-state index in [-0.39, 0.29) is 23.5 Å². The van der Waals surface area contributed by atoms with Gasteiger partial charge in [-0.05, 0) is 18.6 Å². The van der Waals surface area contributed by atoms with Crippen molar-refractivity contribution in [2.45, 2.75) is 12.8 Å². The second-order valence-electron chi connectivity index (χ2n) is 5.08. The number of amides is 2. The summed E-state index contributed by atoms with van der Waals surface area (Å²) in [7, 11) is 0. The number of rotatable bonds is 3. The zero-order valence-electron chi connectivity index (χ0n) is 11.6. The van der Waals surface area contributed by atoms with E-state index in [2.05, 4.69) is 15.6 Å². The van der Waals surface area contributed by atoms with Crippen LogP contribution in [0.15, 0.2) is 29.6 Å². The van der Waals surface area contributed by atoms with Gasteiger partial charge in [-0.3, -0.25) is 9.59 Å². The minimum atomic E-state index is -0.325. The molecule has 7 heteroatoms. The molecule has 2 amide bonds. The molecule has 1 saturated heterocycles. The van der Waals surface area contributed by atoms with Gasteiger partial charge in [0.25, 0.3) is 0 Å². The number of nitrogens with zero attached hydrogens (tertiary/aromatic N) is 1. The number of nitrogens with one attached hydrogen (secondary N) is 2. The van der Waals surface area contributed by atoms with Gasteiger partial charge in [-0.25, -0.2) is 9.37 Å². The Balaban J connectivity index is 1.67. The molecule has 1 aliphatic rings. The normalized spacial score (nSPS) is 17.9. The molecule has 0 radical (unpaired) electrons. The van der Waals surface area contributed by atoms with Gasteiger partial charge in [0, 0.05) is 23.9 Å². The lowest BCUT2D eigenvalue weighted by atomic mass is 9.98. The minimum Gasteiger partial charge on any atom is -0.355 e. The molecule has 0 aliphatic carbocycles. The van der Waals surface area contributed by atoms with E-state index >= 15 is 0 Å². The number of halogens is 1. The van der Waals surface area contributed by atoms with Crippen molar-refractivity contribution in [2.75, 3.05) is 11.9 Å². The molecule has 1 aromatic carbocycles. The lowest BCUT2D eigenvalue weighted by Gasteiger charge is -2.20. The first-order valence-electron chi connectivity index (χ1n) is 6.91. The SMILES string of the molecule is O=C1CC[C@H](C(=O)Nc2nc(-c3cccc(F)c3)cs2)CN1. The summed E-state index contributed by atoms with van der Waals surface area (Å²) < 4.78 is 13.2. The molecular weight excluding hydrogens is 305 g/mol. The average molecular weight is 319 g/mol. The van der Waals surface area contributed by atoms with E-state index in [4.69, 9.17) is 0 Å². The molecule has 0 saturated carbocycles. The van der Waals surface area contributed by atoms with Gasteiger partial charge < -0.3 is 10.6 Å². The second-order valence-corrected chi connectivity index (χ2v) is 5.94. The van der Waals surface area contributed by atoms with Gasteiger partial charge in [0.15, 0.2) is 5.13 Å². The molecule has 0 unspecified atom stereocenters. The Kier molecular flexibility index (Phi) is 4.15. The number of hydrogen-bond donors (Lipinski definition) is 2. The third kappa shape index (κ3) is 3.30. The predicted molar refractivity (Wildman–Crippen MR) is 81.9 cm³/mol. The van der Waals surface area contributed by atoms with Crippen molar-refractivity contribution < 1.29 is 14.0 Å². The van der Waals surface area contributed by atoms with Crippen LogP contribution >= 0.6 is 11.3 Å². The zero-order chi connectivity index (χ0) is 15.5. The Bertz CT molecular complexity index is 706. The Morgan fingerprint density at radius 2 is 2.32 bits per heavy atom. The van der Waals surface area contributed by atoms with Crippen molar-refractivity contribution in [3.63, 3.8) is 0 Å². The fraction of sp³-hybridized carbons (Fsp3) is 0.267. The van der Waals surface area contributed by atoms with Crippen LogP contribution in [0.5, 0.6) is 0 Å². The molecule has 1 atom stereocenters. The van der Waals surface area contributed by atoms with Gasteiger partial charge in [0.2, 0.25) is 11.8 Å². The number of benzene rings is 1. The highest BCUT2D eigenvalue weighted by atomic mass is 32.1. The maximum atomic E-state index is 13.2. The van der Waals surface area contributed by atoms with E-state index in [1.54, 1.807) is 17.5 Å². The van der Waals surface area contributed by atoms with Crippen LogP contribution in [0.1, 0.15) is 12.8 Å². The van der Waals surface area contributed by atoms with Crippen molar-refractivity contribution in [1.29, 1.82) is 0 Å². The van der Waals surface area contributed by atoms with Crippen LogP contribution in [0.2, 0.25) is 0 Å². The van der Waals surface area contributed by atoms with Gasteiger partial charge in [-0.15, -0.1) is 11.3 Å². The summed E-state index contributed by atoms with van der Waals surface area (Å²) >= 11 is 1.29. The van der Waals surface area contributed by atoms with Crippen molar-refractivity contribution in [3.05, 3.63) is 35.5 Å². The van der Waals surface area contributed by atoms with Crippen LogP contribution in [0, 0.1) is 11.7 Å². The summed E-state index contributed by atoms with van der Waals surface area (Å²) in [5.74, 6) is -0.736. The highest BCUT2D eigenvalue weighted by Gasteiger charge is 2.25. The van der Waals surface area contributed by atoms with E-state index in [0.29, 0.717) is 35.8 Å².